The minimum atomic E-state index is -0.309. The quantitative estimate of drug-likeness (QED) is 0.669. The van der Waals surface area contributed by atoms with Crippen molar-refractivity contribution in [1.29, 1.82) is 0 Å². The monoisotopic (exact) mass is 371 g/mol. The third-order valence-corrected chi connectivity index (χ3v) is 4.32. The van der Waals surface area contributed by atoms with Crippen molar-refractivity contribution in [1.82, 2.24) is 14.7 Å². The first kappa shape index (κ1) is 20.7. The molecular formula is C21H29N3O3. The summed E-state index contributed by atoms with van der Waals surface area (Å²) in [4.78, 5) is 26.0. The van der Waals surface area contributed by atoms with E-state index in [0.717, 1.165) is 17.0 Å². The summed E-state index contributed by atoms with van der Waals surface area (Å²) in [6.45, 7) is 9.74. The third-order valence-electron chi connectivity index (χ3n) is 4.32. The normalized spacial score (nSPS) is 10.9. The summed E-state index contributed by atoms with van der Waals surface area (Å²) in [5.74, 6) is -0.0565. The smallest absolute Gasteiger partial charge is 0.307 e. The van der Waals surface area contributed by atoms with Crippen LogP contribution in [0.15, 0.2) is 30.3 Å². The van der Waals surface area contributed by atoms with Gasteiger partial charge in [-0.05, 0) is 43.5 Å². The molecule has 0 radical (unpaired) electrons. The SMILES string of the molecule is COC(=O)CCN(CC(C)C)C(=O)c1ccc(Cn2nc(C)cc2C)cc1. The Bertz CT molecular complexity index is 778. The molecule has 6 nitrogen and oxygen atoms in total. The van der Waals surface area contributed by atoms with E-state index in [9.17, 15) is 9.59 Å². The Hall–Kier alpha value is -2.63. The van der Waals surface area contributed by atoms with Crippen molar-refractivity contribution < 1.29 is 14.3 Å². The van der Waals surface area contributed by atoms with Crippen LogP contribution < -0.4 is 0 Å². The standard InChI is InChI=1S/C21H29N3O3/c1-15(2)13-23(11-10-20(25)27-5)21(26)19-8-6-18(7-9-19)14-24-17(4)12-16(3)22-24/h6-9,12,15H,10-11,13-14H2,1-5H3. The van der Waals surface area contributed by atoms with Gasteiger partial charge in [0.2, 0.25) is 0 Å². The summed E-state index contributed by atoms with van der Waals surface area (Å²) in [6, 6.07) is 9.64. The Labute approximate surface area is 161 Å². The molecular weight excluding hydrogens is 342 g/mol. The van der Waals surface area contributed by atoms with Crippen LogP contribution in [0, 0.1) is 19.8 Å². The van der Waals surface area contributed by atoms with Crippen LogP contribution in [0.3, 0.4) is 0 Å². The molecule has 0 spiro atoms. The minimum Gasteiger partial charge on any atom is -0.469 e. The van der Waals surface area contributed by atoms with Gasteiger partial charge in [-0.25, -0.2) is 0 Å². The molecule has 0 aliphatic carbocycles. The Morgan fingerprint density at radius 1 is 1.19 bits per heavy atom. The number of hydrogen-bond donors (Lipinski definition) is 0. The summed E-state index contributed by atoms with van der Waals surface area (Å²) in [5, 5.41) is 4.47. The van der Waals surface area contributed by atoms with E-state index in [1.165, 1.54) is 7.11 Å². The van der Waals surface area contributed by atoms with E-state index in [0.29, 0.717) is 31.1 Å². The molecule has 0 unspecified atom stereocenters. The number of ether oxygens (including phenoxy) is 1. The van der Waals surface area contributed by atoms with Gasteiger partial charge in [0, 0.05) is 24.3 Å². The molecule has 0 saturated carbocycles. The average molecular weight is 371 g/mol. The number of benzene rings is 1. The number of aromatic nitrogens is 2. The molecule has 6 heteroatoms. The number of amides is 1. The molecule has 146 valence electrons. The van der Waals surface area contributed by atoms with Crippen molar-refractivity contribution in [2.75, 3.05) is 20.2 Å². The molecule has 2 aromatic rings. The van der Waals surface area contributed by atoms with Crippen molar-refractivity contribution in [3.05, 3.63) is 52.8 Å². The molecule has 0 fully saturated rings. The van der Waals surface area contributed by atoms with Crippen LogP contribution in [0.2, 0.25) is 0 Å². The molecule has 27 heavy (non-hydrogen) atoms. The van der Waals surface area contributed by atoms with Crippen LogP contribution >= 0.6 is 0 Å². The molecule has 0 atom stereocenters. The summed E-state index contributed by atoms with van der Waals surface area (Å²) >= 11 is 0. The van der Waals surface area contributed by atoms with E-state index >= 15 is 0 Å². The van der Waals surface area contributed by atoms with Gasteiger partial charge in [-0.1, -0.05) is 26.0 Å². The van der Waals surface area contributed by atoms with Gasteiger partial charge in [0.1, 0.15) is 0 Å². The first-order valence-electron chi connectivity index (χ1n) is 9.26. The Balaban J connectivity index is 2.08. The Morgan fingerprint density at radius 2 is 1.85 bits per heavy atom. The van der Waals surface area contributed by atoms with Gasteiger partial charge in [-0.3, -0.25) is 14.3 Å². The zero-order valence-electron chi connectivity index (χ0n) is 16.9. The second-order valence-corrected chi connectivity index (χ2v) is 7.25. The highest BCUT2D eigenvalue weighted by Gasteiger charge is 2.18. The average Bonchev–Trinajstić information content (AvgIpc) is 2.95. The summed E-state index contributed by atoms with van der Waals surface area (Å²) in [6.07, 6.45) is 0.199. The Morgan fingerprint density at radius 3 is 2.37 bits per heavy atom. The van der Waals surface area contributed by atoms with Crippen molar-refractivity contribution in [2.24, 2.45) is 5.92 Å². The first-order valence-corrected chi connectivity index (χ1v) is 9.26. The predicted octanol–water partition coefficient (Wildman–Crippen LogP) is 3.21. The van der Waals surface area contributed by atoms with Crippen molar-refractivity contribution in [3.63, 3.8) is 0 Å². The zero-order valence-corrected chi connectivity index (χ0v) is 16.9. The van der Waals surface area contributed by atoms with Gasteiger partial charge >= 0.3 is 5.97 Å². The highest BCUT2D eigenvalue weighted by atomic mass is 16.5. The Kier molecular flexibility index (Phi) is 7.16. The topological polar surface area (TPSA) is 64.4 Å². The van der Waals surface area contributed by atoms with Crippen molar-refractivity contribution in [2.45, 2.75) is 40.7 Å². The molecule has 0 aliphatic rings. The third kappa shape index (κ3) is 5.94. The van der Waals surface area contributed by atoms with Gasteiger partial charge in [-0.2, -0.15) is 5.10 Å². The molecule has 2 rings (SSSR count). The largest absolute Gasteiger partial charge is 0.469 e. The summed E-state index contributed by atoms with van der Waals surface area (Å²) < 4.78 is 6.64. The number of methoxy groups -OCH3 is 1. The van der Waals surface area contributed by atoms with Crippen LogP contribution in [0.4, 0.5) is 0 Å². The first-order chi connectivity index (χ1) is 12.8. The minimum absolute atomic E-state index is 0.0646. The lowest BCUT2D eigenvalue weighted by Gasteiger charge is -2.24. The van der Waals surface area contributed by atoms with E-state index in [2.05, 4.69) is 23.7 Å². The number of carbonyl (C=O) groups excluding carboxylic acids is 2. The van der Waals surface area contributed by atoms with Crippen LogP contribution in [0.5, 0.6) is 0 Å². The summed E-state index contributed by atoms with van der Waals surface area (Å²) in [7, 11) is 1.36. The van der Waals surface area contributed by atoms with E-state index in [1.807, 2.05) is 48.9 Å². The number of rotatable bonds is 8. The molecule has 1 aromatic carbocycles. The molecule has 1 amide bonds. The fourth-order valence-electron chi connectivity index (χ4n) is 2.99. The van der Waals surface area contributed by atoms with Gasteiger partial charge < -0.3 is 9.64 Å². The fourth-order valence-corrected chi connectivity index (χ4v) is 2.99. The van der Waals surface area contributed by atoms with E-state index in [4.69, 9.17) is 0 Å². The maximum absolute atomic E-state index is 12.9. The number of hydrogen-bond acceptors (Lipinski definition) is 4. The molecule has 0 aliphatic heterocycles. The lowest BCUT2D eigenvalue weighted by atomic mass is 10.1. The van der Waals surface area contributed by atoms with Crippen molar-refractivity contribution in [3.8, 4) is 0 Å². The number of carbonyl (C=O) groups is 2. The van der Waals surface area contributed by atoms with Gasteiger partial charge in [0.05, 0.1) is 25.8 Å². The second kappa shape index (κ2) is 9.35. The number of aryl methyl sites for hydroxylation is 2. The maximum Gasteiger partial charge on any atom is 0.307 e. The lowest BCUT2D eigenvalue weighted by molar-refractivity contribution is -0.140. The van der Waals surface area contributed by atoms with Crippen LogP contribution in [-0.4, -0.2) is 46.8 Å². The zero-order chi connectivity index (χ0) is 20.0. The van der Waals surface area contributed by atoms with Crippen LogP contribution in [-0.2, 0) is 16.1 Å². The predicted molar refractivity (Wildman–Crippen MR) is 105 cm³/mol. The number of esters is 1. The lowest BCUT2D eigenvalue weighted by Crippen LogP contribution is -2.36. The molecule has 0 N–H and O–H groups in total. The van der Waals surface area contributed by atoms with Crippen LogP contribution in [0.1, 0.15) is 47.6 Å². The van der Waals surface area contributed by atoms with Gasteiger partial charge in [-0.15, -0.1) is 0 Å². The maximum atomic E-state index is 12.9. The highest BCUT2D eigenvalue weighted by molar-refractivity contribution is 5.94. The van der Waals surface area contributed by atoms with E-state index in [1.54, 1.807) is 4.90 Å². The molecule has 1 aromatic heterocycles. The summed E-state index contributed by atoms with van der Waals surface area (Å²) in [5.41, 5.74) is 3.81. The van der Waals surface area contributed by atoms with E-state index < -0.39 is 0 Å². The second-order valence-electron chi connectivity index (χ2n) is 7.25. The van der Waals surface area contributed by atoms with E-state index in [-0.39, 0.29) is 18.3 Å². The highest BCUT2D eigenvalue weighted by Crippen LogP contribution is 2.13. The van der Waals surface area contributed by atoms with Gasteiger partial charge in [0.15, 0.2) is 0 Å². The van der Waals surface area contributed by atoms with Crippen LogP contribution in [0.25, 0.3) is 0 Å². The number of nitrogens with zero attached hydrogens (tertiary/aromatic N) is 3. The molecule has 1 heterocycles. The van der Waals surface area contributed by atoms with Crippen molar-refractivity contribution >= 4 is 11.9 Å². The fraction of sp³-hybridized carbons (Fsp3) is 0.476. The molecule has 0 saturated heterocycles. The molecule has 0 bridgehead atoms. The van der Waals surface area contributed by atoms with Gasteiger partial charge in [0.25, 0.3) is 5.91 Å².